The molecule has 0 aliphatic rings. The molecular formula is C9H21NO2S. The SMILES string of the molecule is CS(=O)CCCNCC(C)(C)CO. The fraction of sp³-hybridized carbons (Fsp3) is 1.00. The van der Waals surface area contributed by atoms with Gasteiger partial charge in [-0.25, -0.2) is 0 Å². The van der Waals surface area contributed by atoms with Gasteiger partial charge in [0.1, 0.15) is 0 Å². The summed E-state index contributed by atoms with van der Waals surface area (Å²) in [6, 6.07) is 0. The van der Waals surface area contributed by atoms with Gasteiger partial charge in [0.05, 0.1) is 0 Å². The molecule has 0 aromatic rings. The van der Waals surface area contributed by atoms with E-state index in [-0.39, 0.29) is 12.0 Å². The van der Waals surface area contributed by atoms with Crippen molar-refractivity contribution in [1.29, 1.82) is 0 Å². The van der Waals surface area contributed by atoms with Crippen LogP contribution in [0.3, 0.4) is 0 Å². The molecule has 0 bridgehead atoms. The third-order valence-corrected chi connectivity index (χ3v) is 2.68. The highest BCUT2D eigenvalue weighted by Gasteiger charge is 2.14. The van der Waals surface area contributed by atoms with E-state index in [9.17, 15) is 4.21 Å². The van der Waals surface area contributed by atoms with Gasteiger partial charge in [0.2, 0.25) is 0 Å². The van der Waals surface area contributed by atoms with Gasteiger partial charge in [0.15, 0.2) is 0 Å². The Morgan fingerprint density at radius 2 is 2.08 bits per heavy atom. The molecule has 2 N–H and O–H groups in total. The van der Waals surface area contributed by atoms with Gasteiger partial charge >= 0.3 is 0 Å². The molecule has 0 heterocycles. The van der Waals surface area contributed by atoms with E-state index in [1.165, 1.54) is 0 Å². The van der Waals surface area contributed by atoms with Gasteiger partial charge in [-0.05, 0) is 13.0 Å². The zero-order valence-electron chi connectivity index (χ0n) is 8.80. The first-order valence-electron chi connectivity index (χ1n) is 4.59. The highest BCUT2D eigenvalue weighted by molar-refractivity contribution is 7.84. The Labute approximate surface area is 83.4 Å². The maximum Gasteiger partial charge on any atom is 0.0494 e. The number of hydrogen-bond donors (Lipinski definition) is 2. The quantitative estimate of drug-likeness (QED) is 0.593. The molecule has 80 valence electrons. The van der Waals surface area contributed by atoms with E-state index in [4.69, 9.17) is 5.11 Å². The number of aliphatic hydroxyl groups excluding tert-OH is 1. The van der Waals surface area contributed by atoms with Crippen molar-refractivity contribution >= 4 is 10.8 Å². The molecule has 0 aliphatic carbocycles. The lowest BCUT2D eigenvalue weighted by Crippen LogP contribution is -2.33. The molecule has 0 aliphatic heterocycles. The predicted octanol–water partition coefficient (Wildman–Crippen LogP) is 0.363. The molecule has 0 aromatic heterocycles. The molecule has 0 rings (SSSR count). The molecule has 4 heteroatoms. The Hall–Kier alpha value is 0.0700. The molecule has 0 saturated heterocycles. The summed E-state index contributed by atoms with van der Waals surface area (Å²) in [6.07, 6.45) is 2.66. The van der Waals surface area contributed by atoms with E-state index in [0.29, 0.717) is 0 Å². The molecule has 0 spiro atoms. The van der Waals surface area contributed by atoms with Crippen LogP contribution in [0.1, 0.15) is 20.3 Å². The van der Waals surface area contributed by atoms with Crippen LogP contribution in [0, 0.1) is 5.41 Å². The van der Waals surface area contributed by atoms with Crippen LogP contribution in [0.4, 0.5) is 0 Å². The van der Waals surface area contributed by atoms with Crippen molar-refractivity contribution in [2.75, 3.05) is 31.7 Å². The molecule has 13 heavy (non-hydrogen) atoms. The standard InChI is InChI=1S/C9H21NO2S/c1-9(2,8-11)7-10-5-4-6-13(3)12/h10-11H,4-8H2,1-3H3. The monoisotopic (exact) mass is 207 g/mol. The van der Waals surface area contributed by atoms with Crippen LogP contribution in [0.2, 0.25) is 0 Å². The summed E-state index contributed by atoms with van der Waals surface area (Å²) in [6.45, 7) is 5.90. The lowest BCUT2D eigenvalue weighted by molar-refractivity contribution is 0.157. The highest BCUT2D eigenvalue weighted by atomic mass is 32.2. The smallest absolute Gasteiger partial charge is 0.0494 e. The minimum atomic E-state index is -0.681. The molecule has 0 amide bonds. The summed E-state index contributed by atoms with van der Waals surface area (Å²) in [5, 5.41) is 12.2. The van der Waals surface area contributed by atoms with Crippen molar-refractivity contribution in [3.8, 4) is 0 Å². The normalized spacial score (nSPS) is 14.5. The van der Waals surface area contributed by atoms with E-state index >= 15 is 0 Å². The van der Waals surface area contributed by atoms with Crippen LogP contribution in [0.5, 0.6) is 0 Å². The molecule has 3 nitrogen and oxygen atoms in total. The van der Waals surface area contributed by atoms with Crippen LogP contribution < -0.4 is 5.32 Å². The van der Waals surface area contributed by atoms with Crippen LogP contribution >= 0.6 is 0 Å². The van der Waals surface area contributed by atoms with Crippen molar-refractivity contribution in [2.45, 2.75) is 20.3 Å². The molecule has 0 radical (unpaired) electrons. The summed E-state index contributed by atoms with van der Waals surface area (Å²) < 4.78 is 10.7. The summed E-state index contributed by atoms with van der Waals surface area (Å²) >= 11 is 0. The molecular weight excluding hydrogens is 186 g/mol. The fourth-order valence-electron chi connectivity index (χ4n) is 0.883. The van der Waals surface area contributed by atoms with E-state index < -0.39 is 10.8 Å². The fourth-order valence-corrected chi connectivity index (χ4v) is 1.43. The maximum absolute atomic E-state index is 10.7. The molecule has 0 saturated carbocycles. The Morgan fingerprint density at radius 3 is 2.54 bits per heavy atom. The molecule has 0 aromatic carbocycles. The Balaban J connectivity index is 3.30. The lowest BCUT2D eigenvalue weighted by Gasteiger charge is -2.21. The Morgan fingerprint density at radius 1 is 1.46 bits per heavy atom. The van der Waals surface area contributed by atoms with E-state index in [0.717, 1.165) is 25.3 Å². The lowest BCUT2D eigenvalue weighted by atomic mass is 9.95. The average Bonchev–Trinajstić information content (AvgIpc) is 2.03. The van der Waals surface area contributed by atoms with Crippen molar-refractivity contribution in [1.82, 2.24) is 5.32 Å². The minimum Gasteiger partial charge on any atom is -0.396 e. The highest BCUT2D eigenvalue weighted by Crippen LogP contribution is 2.10. The van der Waals surface area contributed by atoms with Crippen molar-refractivity contribution in [3.05, 3.63) is 0 Å². The second-order valence-electron chi connectivity index (χ2n) is 4.13. The first-order chi connectivity index (χ1) is 5.98. The summed E-state index contributed by atoms with van der Waals surface area (Å²) in [5.41, 5.74) is -0.0502. The second-order valence-corrected chi connectivity index (χ2v) is 5.68. The van der Waals surface area contributed by atoms with E-state index in [1.807, 2.05) is 13.8 Å². The van der Waals surface area contributed by atoms with E-state index in [2.05, 4.69) is 5.32 Å². The van der Waals surface area contributed by atoms with Gasteiger partial charge in [-0.15, -0.1) is 0 Å². The average molecular weight is 207 g/mol. The van der Waals surface area contributed by atoms with E-state index in [1.54, 1.807) is 6.26 Å². The number of nitrogens with one attached hydrogen (secondary N) is 1. The Kier molecular flexibility index (Phi) is 6.55. The first-order valence-corrected chi connectivity index (χ1v) is 6.32. The zero-order chi connectivity index (χ0) is 10.3. The topological polar surface area (TPSA) is 49.3 Å². The van der Waals surface area contributed by atoms with Crippen LogP contribution in [-0.4, -0.2) is 41.0 Å². The zero-order valence-corrected chi connectivity index (χ0v) is 9.62. The third-order valence-electron chi connectivity index (χ3n) is 1.82. The summed E-state index contributed by atoms with van der Waals surface area (Å²) in [7, 11) is -0.681. The number of rotatable bonds is 7. The number of aliphatic hydroxyl groups is 1. The third kappa shape index (κ3) is 8.40. The molecule has 0 fully saturated rings. The van der Waals surface area contributed by atoms with Crippen LogP contribution in [0.15, 0.2) is 0 Å². The van der Waals surface area contributed by atoms with Gasteiger partial charge in [-0.1, -0.05) is 13.8 Å². The summed E-state index contributed by atoms with van der Waals surface area (Å²) in [5.74, 6) is 0.757. The van der Waals surface area contributed by atoms with Crippen LogP contribution in [-0.2, 0) is 10.8 Å². The van der Waals surface area contributed by atoms with Crippen molar-refractivity contribution in [3.63, 3.8) is 0 Å². The Bertz CT molecular complexity index is 160. The summed E-state index contributed by atoms with van der Waals surface area (Å²) in [4.78, 5) is 0. The first kappa shape index (κ1) is 13.1. The number of hydrogen-bond acceptors (Lipinski definition) is 3. The van der Waals surface area contributed by atoms with Gasteiger partial charge < -0.3 is 10.4 Å². The van der Waals surface area contributed by atoms with Crippen molar-refractivity contribution in [2.24, 2.45) is 5.41 Å². The van der Waals surface area contributed by atoms with Crippen LogP contribution in [0.25, 0.3) is 0 Å². The predicted molar refractivity (Wildman–Crippen MR) is 57.3 cm³/mol. The van der Waals surface area contributed by atoms with Crippen molar-refractivity contribution < 1.29 is 9.32 Å². The second kappa shape index (κ2) is 6.51. The van der Waals surface area contributed by atoms with Gasteiger partial charge in [-0.2, -0.15) is 0 Å². The van der Waals surface area contributed by atoms with Gasteiger partial charge in [0, 0.05) is 41.4 Å². The minimum absolute atomic E-state index is 0.0502. The van der Waals surface area contributed by atoms with Gasteiger partial charge in [-0.3, -0.25) is 4.21 Å². The largest absolute Gasteiger partial charge is 0.396 e. The van der Waals surface area contributed by atoms with Gasteiger partial charge in [0.25, 0.3) is 0 Å². The maximum atomic E-state index is 10.7. The molecule has 1 unspecified atom stereocenters. The molecule has 1 atom stereocenters.